The molecular formula is C21H14N2. The highest BCUT2D eigenvalue weighted by Gasteiger charge is 2.26. The van der Waals surface area contributed by atoms with Crippen molar-refractivity contribution in [2.24, 2.45) is 0 Å². The third kappa shape index (κ3) is 1.78. The molecule has 23 heavy (non-hydrogen) atoms. The average molecular weight is 294 g/mol. The van der Waals surface area contributed by atoms with Crippen LogP contribution < -0.4 is 4.90 Å². The standard InChI is InChI=1S/C21H14N2/c1-2-6-15(7-3-1)17-11-10-16-14-21(17)23(16)20-12-13-22-19-9-5-4-8-18(19)20/h1-14H. The molecule has 6 rings (SSSR count). The molecule has 0 aliphatic carbocycles. The molecule has 0 fully saturated rings. The number of nitrogens with zero attached hydrogens (tertiary/aromatic N) is 2. The summed E-state index contributed by atoms with van der Waals surface area (Å²) in [5.41, 5.74) is 7.22. The summed E-state index contributed by atoms with van der Waals surface area (Å²) in [6, 6.07) is 27.6. The summed E-state index contributed by atoms with van der Waals surface area (Å²) in [6.07, 6.45) is 1.89. The van der Waals surface area contributed by atoms with Crippen LogP contribution in [0.3, 0.4) is 0 Å². The summed E-state index contributed by atoms with van der Waals surface area (Å²) < 4.78 is 0. The molecule has 2 aliphatic heterocycles. The van der Waals surface area contributed by atoms with E-state index in [9.17, 15) is 0 Å². The predicted molar refractivity (Wildman–Crippen MR) is 95.4 cm³/mol. The van der Waals surface area contributed by atoms with Gasteiger partial charge >= 0.3 is 0 Å². The number of fused-ring (bicyclic) bond motifs is 3. The lowest BCUT2D eigenvalue weighted by atomic mass is 9.96. The van der Waals surface area contributed by atoms with Crippen LogP contribution in [0, 0.1) is 0 Å². The monoisotopic (exact) mass is 294 g/mol. The molecule has 2 heteroatoms. The lowest BCUT2D eigenvalue weighted by Gasteiger charge is -2.36. The second kappa shape index (κ2) is 4.68. The zero-order valence-corrected chi connectivity index (χ0v) is 12.5. The van der Waals surface area contributed by atoms with Gasteiger partial charge in [0.1, 0.15) is 0 Å². The van der Waals surface area contributed by atoms with E-state index in [-0.39, 0.29) is 0 Å². The number of rotatable bonds is 2. The lowest BCUT2D eigenvalue weighted by Crippen LogP contribution is -2.19. The van der Waals surface area contributed by atoms with Gasteiger partial charge in [0.15, 0.2) is 0 Å². The Balaban J connectivity index is 1.69. The van der Waals surface area contributed by atoms with E-state index in [0.29, 0.717) is 0 Å². The van der Waals surface area contributed by atoms with Crippen LogP contribution in [0.1, 0.15) is 0 Å². The van der Waals surface area contributed by atoms with Crippen LogP contribution in [0.25, 0.3) is 22.0 Å². The van der Waals surface area contributed by atoms with Crippen molar-refractivity contribution in [1.29, 1.82) is 0 Å². The summed E-state index contributed by atoms with van der Waals surface area (Å²) in [5.74, 6) is 0. The van der Waals surface area contributed by atoms with Crippen LogP contribution in [-0.2, 0) is 0 Å². The number of anilines is 3. The quantitative estimate of drug-likeness (QED) is 0.416. The summed E-state index contributed by atoms with van der Waals surface area (Å²) in [4.78, 5) is 6.80. The molecule has 0 radical (unpaired) electrons. The minimum absolute atomic E-state index is 1.03. The Kier molecular flexibility index (Phi) is 2.53. The number of pyridine rings is 1. The molecule has 108 valence electrons. The van der Waals surface area contributed by atoms with Gasteiger partial charge in [0.05, 0.1) is 16.9 Å². The Bertz CT molecular complexity index is 1010. The highest BCUT2D eigenvalue weighted by Crippen LogP contribution is 2.50. The predicted octanol–water partition coefficient (Wildman–Crippen LogP) is 5.69. The van der Waals surface area contributed by atoms with Crippen LogP contribution >= 0.6 is 0 Å². The highest BCUT2D eigenvalue weighted by molar-refractivity contribution is 6.04. The van der Waals surface area contributed by atoms with Crippen molar-refractivity contribution in [3.05, 3.63) is 85.1 Å². The van der Waals surface area contributed by atoms with E-state index in [4.69, 9.17) is 0 Å². The molecule has 1 aromatic heterocycles. The minimum atomic E-state index is 1.03. The second-order valence-corrected chi connectivity index (χ2v) is 5.75. The maximum Gasteiger partial charge on any atom is 0.0723 e. The van der Waals surface area contributed by atoms with Crippen LogP contribution in [0.4, 0.5) is 17.1 Å². The van der Waals surface area contributed by atoms with Crippen molar-refractivity contribution in [2.45, 2.75) is 0 Å². The van der Waals surface area contributed by atoms with Crippen molar-refractivity contribution >= 4 is 28.0 Å². The molecule has 4 aromatic rings. The molecule has 2 nitrogen and oxygen atoms in total. The Morgan fingerprint density at radius 3 is 2.39 bits per heavy atom. The summed E-state index contributed by atoms with van der Waals surface area (Å²) in [7, 11) is 0. The second-order valence-electron chi connectivity index (χ2n) is 5.75. The van der Waals surface area contributed by atoms with E-state index in [2.05, 4.69) is 82.7 Å². The SMILES string of the molecule is c1ccc(-c2ccc3cc2N3c2ccnc3ccccc23)cc1. The molecular weight excluding hydrogens is 280 g/mol. The molecule has 3 aromatic carbocycles. The molecule has 0 atom stereocenters. The fraction of sp³-hybridized carbons (Fsp3) is 0. The molecule has 0 N–H and O–H groups in total. The van der Waals surface area contributed by atoms with Gasteiger partial charge in [-0.3, -0.25) is 4.98 Å². The van der Waals surface area contributed by atoms with Gasteiger partial charge < -0.3 is 4.90 Å². The maximum atomic E-state index is 4.47. The third-order valence-electron chi connectivity index (χ3n) is 4.43. The fourth-order valence-electron chi connectivity index (χ4n) is 3.32. The van der Waals surface area contributed by atoms with Crippen molar-refractivity contribution in [1.82, 2.24) is 4.98 Å². The number of hydrogen-bond acceptors (Lipinski definition) is 2. The Morgan fingerprint density at radius 2 is 1.52 bits per heavy atom. The normalized spacial score (nSPS) is 12.3. The summed E-state index contributed by atoms with van der Waals surface area (Å²) in [5, 5.41) is 1.18. The molecule has 3 heterocycles. The molecule has 2 bridgehead atoms. The third-order valence-corrected chi connectivity index (χ3v) is 4.43. The van der Waals surface area contributed by atoms with Crippen molar-refractivity contribution in [3.63, 3.8) is 0 Å². The number of hydrogen-bond donors (Lipinski definition) is 0. The van der Waals surface area contributed by atoms with Crippen LogP contribution in [-0.4, -0.2) is 4.98 Å². The van der Waals surface area contributed by atoms with Gasteiger partial charge in [-0.05, 0) is 29.8 Å². The Hall–Kier alpha value is -3.13. The van der Waals surface area contributed by atoms with Crippen LogP contribution in [0.5, 0.6) is 0 Å². The topological polar surface area (TPSA) is 16.1 Å². The van der Waals surface area contributed by atoms with Crippen molar-refractivity contribution in [3.8, 4) is 11.1 Å². The molecule has 0 unspecified atom stereocenters. The van der Waals surface area contributed by atoms with Gasteiger partial charge in [-0.25, -0.2) is 0 Å². The molecule has 2 aliphatic rings. The van der Waals surface area contributed by atoms with E-state index in [1.165, 1.54) is 33.6 Å². The first-order valence-corrected chi connectivity index (χ1v) is 7.75. The van der Waals surface area contributed by atoms with E-state index in [1.807, 2.05) is 12.3 Å². The first kappa shape index (κ1) is 12.4. The summed E-state index contributed by atoms with van der Waals surface area (Å²) in [6.45, 7) is 0. The molecule has 0 saturated carbocycles. The van der Waals surface area contributed by atoms with Gasteiger partial charge in [-0.2, -0.15) is 0 Å². The van der Waals surface area contributed by atoms with Gasteiger partial charge in [-0.1, -0.05) is 54.6 Å². The highest BCUT2D eigenvalue weighted by atomic mass is 15.2. The van der Waals surface area contributed by atoms with E-state index >= 15 is 0 Å². The zero-order chi connectivity index (χ0) is 15.2. The van der Waals surface area contributed by atoms with E-state index < -0.39 is 0 Å². The maximum absolute atomic E-state index is 4.47. The average Bonchev–Trinajstić information content (AvgIpc) is 2.63. The summed E-state index contributed by atoms with van der Waals surface area (Å²) >= 11 is 0. The Labute approximate surface area is 134 Å². The minimum Gasteiger partial charge on any atom is -0.309 e. The molecule has 0 amide bonds. The van der Waals surface area contributed by atoms with Crippen LogP contribution in [0.15, 0.2) is 85.1 Å². The Morgan fingerprint density at radius 1 is 0.696 bits per heavy atom. The number of aromatic nitrogens is 1. The lowest BCUT2D eigenvalue weighted by molar-refractivity contribution is 1.22. The van der Waals surface area contributed by atoms with Gasteiger partial charge in [0, 0.05) is 22.8 Å². The zero-order valence-electron chi connectivity index (χ0n) is 12.5. The van der Waals surface area contributed by atoms with E-state index in [0.717, 1.165) is 5.52 Å². The van der Waals surface area contributed by atoms with Gasteiger partial charge in [0.25, 0.3) is 0 Å². The fourth-order valence-corrected chi connectivity index (χ4v) is 3.32. The first-order chi connectivity index (χ1) is 11.4. The van der Waals surface area contributed by atoms with E-state index in [1.54, 1.807) is 0 Å². The number of benzene rings is 3. The largest absolute Gasteiger partial charge is 0.309 e. The smallest absolute Gasteiger partial charge is 0.0723 e. The van der Waals surface area contributed by atoms with Gasteiger partial charge in [-0.15, -0.1) is 0 Å². The first-order valence-electron chi connectivity index (χ1n) is 7.75. The number of para-hydroxylation sites is 1. The van der Waals surface area contributed by atoms with Crippen molar-refractivity contribution < 1.29 is 0 Å². The molecule has 0 saturated heterocycles. The van der Waals surface area contributed by atoms with Crippen LogP contribution in [0.2, 0.25) is 0 Å². The van der Waals surface area contributed by atoms with Gasteiger partial charge in [0.2, 0.25) is 0 Å². The van der Waals surface area contributed by atoms with Crippen molar-refractivity contribution in [2.75, 3.05) is 4.90 Å². The molecule has 0 spiro atoms.